The number of amides is 1. The second kappa shape index (κ2) is 7.74. The van der Waals surface area contributed by atoms with Gasteiger partial charge >= 0.3 is 0 Å². The highest BCUT2D eigenvalue weighted by atomic mass is 32.2. The quantitative estimate of drug-likeness (QED) is 0.604. The molecule has 1 aromatic carbocycles. The Kier molecular flexibility index (Phi) is 5.43. The predicted octanol–water partition coefficient (Wildman–Crippen LogP) is 2.85. The Morgan fingerprint density at radius 3 is 2.64 bits per heavy atom. The van der Waals surface area contributed by atoms with Crippen LogP contribution >= 0.6 is 11.8 Å². The van der Waals surface area contributed by atoms with Gasteiger partial charge in [0.2, 0.25) is 0 Å². The number of aromatic nitrogens is 2. The first-order chi connectivity index (χ1) is 12.2. The lowest BCUT2D eigenvalue weighted by Crippen LogP contribution is -2.28. The first kappa shape index (κ1) is 17.5. The standard InChI is InChI=1S/C18H21N3O3S/c1-23-14-4-5-16(24-2)15(8-14)12-6-7-21(11-12)17(22)13-9-19-18(25-3)20-10-13/h4-5,8-10,12H,6-7,11H2,1-3H3/t12-/m0/s1. The number of carbonyl (C=O) groups is 1. The molecule has 1 saturated heterocycles. The molecule has 1 aliphatic heterocycles. The highest BCUT2D eigenvalue weighted by Crippen LogP contribution is 2.36. The van der Waals surface area contributed by atoms with E-state index in [4.69, 9.17) is 9.47 Å². The third-order valence-corrected chi connectivity index (χ3v) is 4.99. The molecule has 2 aromatic rings. The highest BCUT2D eigenvalue weighted by Gasteiger charge is 2.30. The molecule has 6 nitrogen and oxygen atoms in total. The monoisotopic (exact) mass is 359 g/mol. The SMILES string of the molecule is COc1ccc(OC)c([C@H]2CCN(C(=O)c3cnc(SC)nc3)C2)c1. The van der Waals surface area contributed by atoms with E-state index in [9.17, 15) is 4.79 Å². The van der Waals surface area contributed by atoms with Crippen molar-refractivity contribution in [2.75, 3.05) is 33.6 Å². The van der Waals surface area contributed by atoms with Crippen LogP contribution in [-0.2, 0) is 0 Å². The molecule has 1 atom stereocenters. The molecule has 0 saturated carbocycles. The summed E-state index contributed by atoms with van der Waals surface area (Å²) in [4.78, 5) is 22.9. The Balaban J connectivity index is 1.75. The number of hydrogen-bond acceptors (Lipinski definition) is 6. The van der Waals surface area contributed by atoms with Crippen molar-refractivity contribution in [1.82, 2.24) is 14.9 Å². The smallest absolute Gasteiger partial charge is 0.257 e. The zero-order chi connectivity index (χ0) is 17.8. The predicted molar refractivity (Wildman–Crippen MR) is 96.6 cm³/mol. The molecule has 2 heterocycles. The van der Waals surface area contributed by atoms with Gasteiger partial charge in [-0.15, -0.1) is 0 Å². The number of thioether (sulfide) groups is 1. The van der Waals surface area contributed by atoms with Crippen LogP contribution < -0.4 is 9.47 Å². The van der Waals surface area contributed by atoms with Crippen LogP contribution in [0.15, 0.2) is 35.7 Å². The third-order valence-electron chi connectivity index (χ3n) is 4.41. The number of benzene rings is 1. The molecule has 1 aliphatic rings. The first-order valence-electron chi connectivity index (χ1n) is 8.03. The molecular formula is C18H21N3O3S. The molecule has 0 unspecified atom stereocenters. The third kappa shape index (κ3) is 3.71. The normalized spacial score (nSPS) is 16.8. The summed E-state index contributed by atoms with van der Waals surface area (Å²) in [7, 11) is 3.31. The largest absolute Gasteiger partial charge is 0.497 e. The van der Waals surface area contributed by atoms with Gasteiger partial charge in [-0.3, -0.25) is 4.79 Å². The lowest BCUT2D eigenvalue weighted by molar-refractivity contribution is 0.0789. The number of hydrogen-bond donors (Lipinski definition) is 0. The number of nitrogens with zero attached hydrogens (tertiary/aromatic N) is 3. The van der Waals surface area contributed by atoms with Gasteiger partial charge in [-0.25, -0.2) is 9.97 Å². The van der Waals surface area contributed by atoms with E-state index in [2.05, 4.69) is 9.97 Å². The summed E-state index contributed by atoms with van der Waals surface area (Å²) in [5.41, 5.74) is 1.60. The lowest BCUT2D eigenvalue weighted by Gasteiger charge is -2.18. The summed E-state index contributed by atoms with van der Waals surface area (Å²) in [5, 5.41) is 0.664. The molecule has 1 aromatic heterocycles. The van der Waals surface area contributed by atoms with Crippen LogP contribution in [-0.4, -0.2) is 54.3 Å². The van der Waals surface area contributed by atoms with Gasteiger partial charge in [-0.1, -0.05) is 11.8 Å². The maximum atomic E-state index is 12.7. The average molecular weight is 359 g/mol. The van der Waals surface area contributed by atoms with Crippen LogP contribution in [0.3, 0.4) is 0 Å². The van der Waals surface area contributed by atoms with Crippen LogP contribution in [0, 0.1) is 0 Å². The minimum atomic E-state index is -0.0305. The topological polar surface area (TPSA) is 64.6 Å². The van der Waals surface area contributed by atoms with Gasteiger partial charge in [0.1, 0.15) is 11.5 Å². The number of methoxy groups -OCH3 is 2. The van der Waals surface area contributed by atoms with Gasteiger partial charge in [0.25, 0.3) is 5.91 Å². The van der Waals surface area contributed by atoms with E-state index in [0.29, 0.717) is 23.8 Å². The summed E-state index contributed by atoms with van der Waals surface area (Å²) < 4.78 is 10.8. The van der Waals surface area contributed by atoms with Crippen molar-refractivity contribution >= 4 is 17.7 Å². The van der Waals surface area contributed by atoms with Crippen LogP contribution in [0.25, 0.3) is 0 Å². The highest BCUT2D eigenvalue weighted by molar-refractivity contribution is 7.98. The van der Waals surface area contributed by atoms with E-state index >= 15 is 0 Å². The van der Waals surface area contributed by atoms with Crippen LogP contribution in [0.5, 0.6) is 11.5 Å². The first-order valence-corrected chi connectivity index (χ1v) is 9.26. The molecule has 1 fully saturated rings. The van der Waals surface area contributed by atoms with E-state index in [1.165, 1.54) is 11.8 Å². The minimum Gasteiger partial charge on any atom is -0.497 e. The summed E-state index contributed by atoms with van der Waals surface area (Å²) >= 11 is 1.45. The lowest BCUT2D eigenvalue weighted by atomic mass is 9.97. The summed E-state index contributed by atoms with van der Waals surface area (Å²) in [6.45, 7) is 1.35. The fourth-order valence-corrected chi connectivity index (χ4v) is 3.39. The van der Waals surface area contributed by atoms with Gasteiger partial charge in [0.05, 0.1) is 19.8 Å². The average Bonchev–Trinajstić information content (AvgIpc) is 3.17. The molecule has 0 N–H and O–H groups in total. The van der Waals surface area contributed by atoms with Crippen molar-refractivity contribution in [3.63, 3.8) is 0 Å². The number of rotatable bonds is 5. The molecule has 0 bridgehead atoms. The maximum absolute atomic E-state index is 12.7. The molecule has 25 heavy (non-hydrogen) atoms. The van der Waals surface area contributed by atoms with Gasteiger partial charge in [-0.05, 0) is 30.9 Å². The zero-order valence-corrected chi connectivity index (χ0v) is 15.4. The fraction of sp³-hybridized carbons (Fsp3) is 0.389. The summed E-state index contributed by atoms with van der Waals surface area (Å²) in [6, 6.07) is 5.78. The molecule has 3 rings (SSSR count). The van der Waals surface area contributed by atoms with Crippen LogP contribution in [0.2, 0.25) is 0 Å². The van der Waals surface area contributed by atoms with Gasteiger partial charge in [-0.2, -0.15) is 0 Å². The van der Waals surface area contributed by atoms with Crippen molar-refractivity contribution in [2.24, 2.45) is 0 Å². The number of ether oxygens (including phenoxy) is 2. The van der Waals surface area contributed by atoms with Crippen molar-refractivity contribution in [2.45, 2.75) is 17.5 Å². The van der Waals surface area contributed by atoms with Gasteiger partial charge in [0.15, 0.2) is 5.16 Å². The molecule has 132 valence electrons. The van der Waals surface area contributed by atoms with Crippen molar-refractivity contribution in [3.05, 3.63) is 41.7 Å². The van der Waals surface area contributed by atoms with Crippen molar-refractivity contribution in [3.8, 4) is 11.5 Å². The van der Waals surface area contributed by atoms with E-state index < -0.39 is 0 Å². The Labute approximate surface area is 151 Å². The molecule has 7 heteroatoms. The maximum Gasteiger partial charge on any atom is 0.257 e. The van der Waals surface area contributed by atoms with E-state index in [1.807, 2.05) is 29.4 Å². The Bertz CT molecular complexity index is 752. The van der Waals surface area contributed by atoms with Crippen LogP contribution in [0.1, 0.15) is 28.3 Å². The number of carbonyl (C=O) groups excluding carboxylic acids is 1. The number of likely N-dealkylation sites (tertiary alicyclic amines) is 1. The van der Waals surface area contributed by atoms with Gasteiger partial charge in [0, 0.05) is 37.0 Å². The molecule has 0 radical (unpaired) electrons. The zero-order valence-electron chi connectivity index (χ0n) is 14.6. The Hall–Kier alpha value is -2.28. The molecule has 0 spiro atoms. The van der Waals surface area contributed by atoms with Crippen LogP contribution in [0.4, 0.5) is 0 Å². The van der Waals surface area contributed by atoms with E-state index in [0.717, 1.165) is 23.5 Å². The van der Waals surface area contributed by atoms with E-state index in [-0.39, 0.29) is 11.8 Å². The van der Waals surface area contributed by atoms with Crippen molar-refractivity contribution in [1.29, 1.82) is 0 Å². The summed E-state index contributed by atoms with van der Waals surface area (Å²) in [5.74, 6) is 1.81. The Morgan fingerprint density at radius 1 is 1.24 bits per heavy atom. The second-order valence-corrected chi connectivity index (χ2v) is 6.58. The molecular weight excluding hydrogens is 338 g/mol. The molecule has 0 aliphatic carbocycles. The van der Waals surface area contributed by atoms with E-state index in [1.54, 1.807) is 26.6 Å². The summed E-state index contributed by atoms with van der Waals surface area (Å²) in [6.07, 6.45) is 5.99. The second-order valence-electron chi connectivity index (χ2n) is 5.80. The minimum absolute atomic E-state index is 0.0305. The van der Waals surface area contributed by atoms with Gasteiger partial charge < -0.3 is 14.4 Å². The van der Waals surface area contributed by atoms with Crippen molar-refractivity contribution < 1.29 is 14.3 Å². The molecule has 1 amide bonds. The Morgan fingerprint density at radius 2 is 2.00 bits per heavy atom. The fourth-order valence-electron chi connectivity index (χ4n) is 3.07.